The lowest BCUT2D eigenvalue weighted by atomic mass is 10.1. The van der Waals surface area contributed by atoms with Gasteiger partial charge in [-0.25, -0.2) is 13.2 Å². The van der Waals surface area contributed by atoms with E-state index in [9.17, 15) is 18.0 Å². The number of likely N-dealkylation sites (tertiary alicyclic amines) is 2. The van der Waals surface area contributed by atoms with Gasteiger partial charge in [0.25, 0.3) is 5.92 Å². The highest BCUT2D eigenvalue weighted by atomic mass is 19.3. The Morgan fingerprint density at radius 3 is 2.64 bits per heavy atom. The summed E-state index contributed by atoms with van der Waals surface area (Å²) in [6.45, 7) is 5.09. The topological polar surface area (TPSA) is 32.8 Å². The molecule has 1 atom stereocenters. The quantitative estimate of drug-likeness (QED) is 0.490. The highest BCUT2D eigenvalue weighted by Crippen LogP contribution is 2.28. The molecular formula is C21H29F3N2O2. The normalized spacial score (nSPS) is 23.1. The summed E-state index contributed by atoms with van der Waals surface area (Å²) in [6, 6.07) is 4.81. The molecule has 1 aromatic rings. The number of benzene rings is 1. The molecule has 7 heteroatoms. The van der Waals surface area contributed by atoms with Crippen molar-refractivity contribution in [2.45, 2.75) is 51.0 Å². The Kier molecular flexibility index (Phi) is 6.99. The summed E-state index contributed by atoms with van der Waals surface area (Å²) in [7, 11) is 0. The van der Waals surface area contributed by atoms with Crippen molar-refractivity contribution in [2.24, 2.45) is 0 Å². The molecule has 0 spiro atoms. The molecule has 0 radical (unpaired) electrons. The van der Waals surface area contributed by atoms with E-state index in [2.05, 4.69) is 11.8 Å². The van der Waals surface area contributed by atoms with Crippen LogP contribution in [0.25, 0.3) is 0 Å². The fourth-order valence-electron chi connectivity index (χ4n) is 3.90. The van der Waals surface area contributed by atoms with Crippen molar-refractivity contribution in [3.05, 3.63) is 29.6 Å². The third kappa shape index (κ3) is 5.70. The van der Waals surface area contributed by atoms with Crippen LogP contribution in [0.1, 0.15) is 49.4 Å². The fraction of sp³-hybridized carbons (Fsp3) is 0.667. The molecule has 2 fully saturated rings. The van der Waals surface area contributed by atoms with Crippen molar-refractivity contribution in [1.29, 1.82) is 0 Å². The summed E-state index contributed by atoms with van der Waals surface area (Å²) in [5.74, 6) is -3.33. The van der Waals surface area contributed by atoms with Gasteiger partial charge in [0.15, 0.2) is 17.3 Å². The lowest BCUT2D eigenvalue weighted by Crippen LogP contribution is -2.41. The molecule has 2 aliphatic rings. The molecule has 156 valence electrons. The first kappa shape index (κ1) is 21.1. The Morgan fingerprint density at radius 2 is 2.00 bits per heavy atom. The van der Waals surface area contributed by atoms with Crippen molar-refractivity contribution in [3.63, 3.8) is 0 Å². The molecule has 0 saturated carbocycles. The Labute approximate surface area is 164 Å². The van der Waals surface area contributed by atoms with Gasteiger partial charge in [0.2, 0.25) is 0 Å². The van der Waals surface area contributed by atoms with E-state index < -0.39 is 11.7 Å². The molecule has 4 nitrogen and oxygen atoms in total. The molecule has 0 bridgehead atoms. The lowest BCUT2D eigenvalue weighted by Gasteiger charge is -2.31. The van der Waals surface area contributed by atoms with E-state index in [0.717, 1.165) is 19.5 Å². The van der Waals surface area contributed by atoms with Gasteiger partial charge in [0, 0.05) is 44.1 Å². The van der Waals surface area contributed by atoms with Crippen LogP contribution in [0.2, 0.25) is 0 Å². The molecule has 0 aromatic heterocycles. The van der Waals surface area contributed by atoms with E-state index in [1.165, 1.54) is 25.0 Å². The molecule has 2 heterocycles. The van der Waals surface area contributed by atoms with Crippen LogP contribution in [0.4, 0.5) is 13.2 Å². The molecule has 2 saturated heterocycles. The van der Waals surface area contributed by atoms with Gasteiger partial charge in [-0.2, -0.15) is 0 Å². The highest BCUT2D eigenvalue weighted by molar-refractivity contribution is 5.97. The van der Waals surface area contributed by atoms with Gasteiger partial charge in [-0.3, -0.25) is 9.69 Å². The lowest BCUT2D eigenvalue weighted by molar-refractivity contribution is -0.0536. The van der Waals surface area contributed by atoms with E-state index >= 15 is 0 Å². The molecule has 0 amide bonds. The SMILES string of the molecule is C[C@@H]1CCCN1CCCOc1ccc(C(=O)CN2CCC(F)(F)CC2)cc1F. The third-order valence-corrected chi connectivity index (χ3v) is 5.75. The Bertz CT molecular complexity index is 674. The first-order chi connectivity index (χ1) is 13.3. The molecule has 0 N–H and O–H groups in total. The molecule has 0 unspecified atom stereocenters. The Balaban J connectivity index is 1.44. The number of carbonyl (C=O) groups excluding carboxylic acids is 1. The number of hydrogen-bond acceptors (Lipinski definition) is 4. The van der Waals surface area contributed by atoms with Gasteiger partial charge < -0.3 is 9.64 Å². The highest BCUT2D eigenvalue weighted by Gasteiger charge is 2.34. The van der Waals surface area contributed by atoms with Crippen LogP contribution >= 0.6 is 0 Å². The third-order valence-electron chi connectivity index (χ3n) is 5.75. The molecule has 1 aromatic carbocycles. The van der Waals surface area contributed by atoms with E-state index in [0.29, 0.717) is 12.6 Å². The van der Waals surface area contributed by atoms with Gasteiger partial charge in [-0.15, -0.1) is 0 Å². The maximum absolute atomic E-state index is 14.3. The number of ketones is 1. The zero-order valence-electron chi connectivity index (χ0n) is 16.4. The standard InChI is InChI=1S/C21H29F3N2O2/c1-16-4-2-9-26(16)10-3-13-28-20-6-5-17(14-18(20)22)19(27)15-25-11-7-21(23,24)8-12-25/h5-6,14,16H,2-4,7-13,15H2,1H3/t16-/m1/s1. The molecular weight excluding hydrogens is 369 g/mol. The number of Topliss-reactive ketones (excluding diaryl/α,β-unsaturated/α-hetero) is 1. The van der Waals surface area contributed by atoms with Crippen LogP contribution in [0.3, 0.4) is 0 Å². The average Bonchev–Trinajstić information content (AvgIpc) is 3.06. The summed E-state index contributed by atoms with van der Waals surface area (Å²) in [5.41, 5.74) is 0.244. The summed E-state index contributed by atoms with van der Waals surface area (Å²) in [5, 5.41) is 0. The van der Waals surface area contributed by atoms with Crippen LogP contribution in [-0.2, 0) is 0 Å². The van der Waals surface area contributed by atoms with Crippen LogP contribution in [0.15, 0.2) is 18.2 Å². The average molecular weight is 398 g/mol. The van der Waals surface area contributed by atoms with Crippen molar-refractivity contribution in [1.82, 2.24) is 9.80 Å². The number of piperidine rings is 1. The van der Waals surface area contributed by atoms with Crippen molar-refractivity contribution >= 4 is 5.78 Å². The number of hydrogen-bond donors (Lipinski definition) is 0. The number of nitrogens with zero attached hydrogens (tertiary/aromatic N) is 2. The van der Waals surface area contributed by atoms with Crippen LogP contribution in [0, 0.1) is 5.82 Å². The number of carbonyl (C=O) groups is 1. The van der Waals surface area contributed by atoms with E-state index in [1.807, 2.05) is 0 Å². The molecule has 28 heavy (non-hydrogen) atoms. The molecule has 3 rings (SSSR count). The predicted molar refractivity (Wildman–Crippen MR) is 102 cm³/mol. The van der Waals surface area contributed by atoms with Gasteiger partial charge in [-0.05, 0) is 50.9 Å². The second-order valence-electron chi connectivity index (χ2n) is 7.93. The maximum atomic E-state index is 14.3. The summed E-state index contributed by atoms with van der Waals surface area (Å²) in [4.78, 5) is 16.4. The zero-order chi connectivity index (χ0) is 20.1. The minimum Gasteiger partial charge on any atom is -0.490 e. The Morgan fingerprint density at radius 1 is 1.25 bits per heavy atom. The monoisotopic (exact) mass is 398 g/mol. The largest absolute Gasteiger partial charge is 0.490 e. The summed E-state index contributed by atoms with van der Waals surface area (Å²) >= 11 is 0. The zero-order valence-corrected chi connectivity index (χ0v) is 16.4. The van der Waals surface area contributed by atoms with Crippen LogP contribution in [-0.4, -0.2) is 66.9 Å². The smallest absolute Gasteiger partial charge is 0.250 e. The number of rotatable bonds is 8. The van der Waals surface area contributed by atoms with E-state index in [-0.39, 0.29) is 49.6 Å². The Hall–Kier alpha value is -1.60. The number of alkyl halides is 2. The minimum absolute atomic E-state index is 0.0315. The van der Waals surface area contributed by atoms with E-state index in [4.69, 9.17) is 4.74 Å². The predicted octanol–water partition coefficient (Wildman–Crippen LogP) is 3.99. The van der Waals surface area contributed by atoms with Crippen molar-refractivity contribution < 1.29 is 22.7 Å². The van der Waals surface area contributed by atoms with Crippen LogP contribution < -0.4 is 4.74 Å². The summed E-state index contributed by atoms with van der Waals surface area (Å²) < 4.78 is 46.2. The van der Waals surface area contributed by atoms with Crippen LogP contribution in [0.5, 0.6) is 5.75 Å². The number of ether oxygens (including phenoxy) is 1. The van der Waals surface area contributed by atoms with Gasteiger partial charge >= 0.3 is 0 Å². The second-order valence-corrected chi connectivity index (χ2v) is 7.93. The van der Waals surface area contributed by atoms with Gasteiger partial charge in [0.05, 0.1) is 13.2 Å². The molecule has 2 aliphatic heterocycles. The van der Waals surface area contributed by atoms with Gasteiger partial charge in [0.1, 0.15) is 0 Å². The van der Waals surface area contributed by atoms with Crippen molar-refractivity contribution in [3.8, 4) is 5.75 Å². The second kappa shape index (κ2) is 9.27. The maximum Gasteiger partial charge on any atom is 0.250 e. The fourth-order valence-corrected chi connectivity index (χ4v) is 3.90. The van der Waals surface area contributed by atoms with Crippen molar-refractivity contribution in [2.75, 3.05) is 39.3 Å². The first-order valence-electron chi connectivity index (χ1n) is 10.1. The van der Waals surface area contributed by atoms with Gasteiger partial charge in [-0.1, -0.05) is 0 Å². The van der Waals surface area contributed by atoms with E-state index in [1.54, 1.807) is 11.0 Å². The summed E-state index contributed by atoms with van der Waals surface area (Å²) in [6.07, 6.45) is 2.80. The first-order valence-corrected chi connectivity index (χ1v) is 10.1. The minimum atomic E-state index is -2.64. The molecule has 0 aliphatic carbocycles. The number of halogens is 3.